The maximum absolute atomic E-state index is 13.0. The van der Waals surface area contributed by atoms with Gasteiger partial charge in [-0.15, -0.1) is 0 Å². The summed E-state index contributed by atoms with van der Waals surface area (Å²) < 4.78 is 8.53. The van der Waals surface area contributed by atoms with Crippen LogP contribution < -0.4 is 11.0 Å². The van der Waals surface area contributed by atoms with Crippen LogP contribution in [0.25, 0.3) is 11.0 Å². The molecule has 3 amide bonds. The molecule has 2 fully saturated rings. The lowest BCUT2D eigenvalue weighted by molar-refractivity contribution is -0.135. The molecule has 0 aliphatic carbocycles. The number of benzene rings is 1. The van der Waals surface area contributed by atoms with Crippen LogP contribution in [0.4, 0.5) is 4.79 Å². The van der Waals surface area contributed by atoms with E-state index in [2.05, 4.69) is 22.3 Å². The van der Waals surface area contributed by atoms with E-state index in [9.17, 15) is 19.2 Å². The van der Waals surface area contributed by atoms with Crippen molar-refractivity contribution in [3.8, 4) is 0 Å². The fourth-order valence-electron chi connectivity index (χ4n) is 5.08. The molecule has 2 aliphatic rings. The molecule has 1 aromatic carbocycles. The van der Waals surface area contributed by atoms with Crippen LogP contribution in [0.5, 0.6) is 0 Å². The molecule has 0 saturated carbocycles. The molecule has 196 valence electrons. The molecule has 2 saturated heterocycles. The first kappa shape index (κ1) is 25.9. The van der Waals surface area contributed by atoms with Crippen molar-refractivity contribution < 1.29 is 19.1 Å². The minimum Gasteiger partial charge on any atom is -0.444 e. The summed E-state index contributed by atoms with van der Waals surface area (Å²) >= 11 is 0. The van der Waals surface area contributed by atoms with Gasteiger partial charge in [-0.25, -0.2) is 9.59 Å². The van der Waals surface area contributed by atoms with E-state index in [4.69, 9.17) is 4.74 Å². The Kier molecular flexibility index (Phi) is 7.26. The maximum atomic E-state index is 13.0. The summed E-state index contributed by atoms with van der Waals surface area (Å²) in [6.07, 6.45) is 2.23. The Balaban J connectivity index is 1.40. The van der Waals surface area contributed by atoms with Gasteiger partial charge in [-0.1, -0.05) is 6.07 Å². The van der Waals surface area contributed by atoms with Gasteiger partial charge in [-0.2, -0.15) is 0 Å². The Morgan fingerprint density at radius 3 is 2.44 bits per heavy atom. The normalized spacial score (nSPS) is 20.0. The van der Waals surface area contributed by atoms with Gasteiger partial charge in [-0.3, -0.25) is 24.0 Å². The fraction of sp³-hybridized carbons (Fsp3) is 0.615. The number of imide groups is 1. The van der Waals surface area contributed by atoms with Crippen LogP contribution in [0.2, 0.25) is 0 Å². The summed E-state index contributed by atoms with van der Waals surface area (Å²) in [6, 6.07) is 5.38. The highest BCUT2D eigenvalue weighted by molar-refractivity contribution is 6.00. The van der Waals surface area contributed by atoms with E-state index >= 15 is 0 Å². The van der Waals surface area contributed by atoms with Crippen molar-refractivity contribution in [1.29, 1.82) is 0 Å². The number of piperidine rings is 2. The van der Waals surface area contributed by atoms with Gasteiger partial charge >= 0.3 is 11.8 Å². The topological polar surface area (TPSA) is 106 Å². The van der Waals surface area contributed by atoms with E-state index in [-0.39, 0.29) is 24.1 Å². The van der Waals surface area contributed by atoms with Crippen molar-refractivity contribution in [2.45, 2.75) is 64.0 Å². The van der Waals surface area contributed by atoms with Crippen LogP contribution in [-0.4, -0.2) is 75.7 Å². The zero-order valence-corrected chi connectivity index (χ0v) is 21.9. The Bertz CT molecular complexity index is 1220. The zero-order valence-electron chi connectivity index (χ0n) is 21.9. The lowest BCUT2D eigenvalue weighted by atomic mass is 9.89. The number of likely N-dealkylation sites (tertiary alicyclic amines) is 1. The molecule has 4 rings (SSSR count). The lowest BCUT2D eigenvalue weighted by Gasteiger charge is -2.33. The van der Waals surface area contributed by atoms with Gasteiger partial charge in [0, 0.05) is 33.6 Å². The summed E-state index contributed by atoms with van der Waals surface area (Å²) in [5, 5.41) is 2.35. The molecule has 1 atom stereocenters. The minimum absolute atomic E-state index is 0.226. The largest absolute Gasteiger partial charge is 0.444 e. The summed E-state index contributed by atoms with van der Waals surface area (Å²) in [6.45, 7) is 8.86. The first-order chi connectivity index (χ1) is 16.9. The molecule has 0 radical (unpaired) electrons. The number of hydrogen-bond donors (Lipinski definition) is 1. The van der Waals surface area contributed by atoms with Crippen LogP contribution in [0.15, 0.2) is 23.0 Å². The lowest BCUT2D eigenvalue weighted by Crippen LogP contribution is -2.44. The van der Waals surface area contributed by atoms with Gasteiger partial charge in [0.15, 0.2) is 0 Å². The molecule has 2 aliphatic heterocycles. The van der Waals surface area contributed by atoms with Crippen molar-refractivity contribution >= 4 is 28.9 Å². The summed E-state index contributed by atoms with van der Waals surface area (Å²) in [7, 11) is 3.49. The van der Waals surface area contributed by atoms with Crippen LogP contribution in [0.3, 0.4) is 0 Å². The number of aryl methyl sites for hydroxylation is 1. The van der Waals surface area contributed by atoms with Crippen molar-refractivity contribution in [1.82, 2.24) is 24.3 Å². The highest BCUT2D eigenvalue weighted by Crippen LogP contribution is 2.31. The van der Waals surface area contributed by atoms with Crippen LogP contribution >= 0.6 is 0 Å². The first-order valence-electron chi connectivity index (χ1n) is 12.7. The van der Waals surface area contributed by atoms with Crippen molar-refractivity contribution in [2.75, 3.05) is 33.2 Å². The second-order valence-corrected chi connectivity index (χ2v) is 10.9. The van der Waals surface area contributed by atoms with E-state index in [1.165, 1.54) is 10.1 Å². The van der Waals surface area contributed by atoms with Gasteiger partial charge in [-0.05, 0) is 76.7 Å². The number of rotatable bonds is 5. The van der Waals surface area contributed by atoms with Crippen LogP contribution in [0.1, 0.15) is 64.0 Å². The van der Waals surface area contributed by atoms with Crippen molar-refractivity contribution in [3.05, 3.63) is 34.2 Å². The summed E-state index contributed by atoms with van der Waals surface area (Å²) in [4.78, 5) is 53.2. The maximum Gasteiger partial charge on any atom is 0.410 e. The summed E-state index contributed by atoms with van der Waals surface area (Å²) in [5.74, 6) is -0.340. The number of likely N-dealkylation sites (N-methyl/N-ethyl adjacent to an activating group) is 1. The van der Waals surface area contributed by atoms with E-state index in [1.807, 2.05) is 26.8 Å². The summed E-state index contributed by atoms with van der Waals surface area (Å²) in [5.41, 5.74) is 1.94. The second-order valence-electron chi connectivity index (χ2n) is 10.9. The smallest absolute Gasteiger partial charge is 0.410 e. The number of nitrogens with zero attached hydrogens (tertiary/aromatic N) is 4. The predicted octanol–water partition coefficient (Wildman–Crippen LogP) is 2.36. The molecular weight excluding hydrogens is 462 g/mol. The molecule has 0 bridgehead atoms. The monoisotopic (exact) mass is 499 g/mol. The van der Waals surface area contributed by atoms with E-state index in [1.54, 1.807) is 23.6 Å². The van der Waals surface area contributed by atoms with Crippen LogP contribution in [0, 0.1) is 0 Å². The number of imidazole rings is 1. The minimum atomic E-state index is -0.674. The van der Waals surface area contributed by atoms with Gasteiger partial charge in [0.2, 0.25) is 11.8 Å². The number of ether oxygens (including phenoxy) is 1. The Hall–Kier alpha value is -3.14. The average molecular weight is 500 g/mol. The molecule has 0 spiro atoms. The Morgan fingerprint density at radius 1 is 1.11 bits per heavy atom. The average Bonchev–Trinajstić information content (AvgIpc) is 3.06. The molecular formula is C26H37N5O5. The number of carbonyl (C=O) groups excluding carboxylic acids is 3. The second kappa shape index (κ2) is 10.1. The third-order valence-electron chi connectivity index (χ3n) is 7.15. The molecule has 3 heterocycles. The number of carbonyl (C=O) groups is 3. The molecule has 10 heteroatoms. The fourth-order valence-corrected chi connectivity index (χ4v) is 5.08. The molecule has 1 aromatic heterocycles. The van der Waals surface area contributed by atoms with E-state index in [0.29, 0.717) is 24.4 Å². The number of hydrogen-bond acceptors (Lipinski definition) is 6. The van der Waals surface area contributed by atoms with Crippen molar-refractivity contribution in [3.63, 3.8) is 0 Å². The molecule has 2 aromatic rings. The van der Waals surface area contributed by atoms with Crippen LogP contribution in [-0.2, 0) is 21.4 Å². The van der Waals surface area contributed by atoms with Gasteiger partial charge in [0.25, 0.3) is 0 Å². The van der Waals surface area contributed by atoms with Gasteiger partial charge in [0.1, 0.15) is 11.6 Å². The van der Waals surface area contributed by atoms with E-state index in [0.717, 1.165) is 38.0 Å². The highest BCUT2D eigenvalue weighted by Gasteiger charge is 2.31. The zero-order chi connectivity index (χ0) is 26.2. The first-order valence-corrected chi connectivity index (χ1v) is 12.7. The standard InChI is InChI=1S/C26H37N5O5/c1-26(2,3)36-25(35)28(4)14-15-30-12-10-17(11-13-30)18-6-7-19-21(16-18)29(5)24(34)31(19)20-8-9-22(32)27-23(20)33/h6-7,16-17,20H,8-15H2,1-5H3,(H,27,32,33). The van der Waals surface area contributed by atoms with E-state index < -0.39 is 17.6 Å². The highest BCUT2D eigenvalue weighted by atomic mass is 16.6. The molecule has 36 heavy (non-hydrogen) atoms. The molecule has 1 N–H and O–H groups in total. The van der Waals surface area contributed by atoms with Crippen molar-refractivity contribution in [2.24, 2.45) is 7.05 Å². The molecule has 1 unspecified atom stereocenters. The van der Waals surface area contributed by atoms with Gasteiger partial charge in [0.05, 0.1) is 11.0 Å². The molecule has 10 nitrogen and oxygen atoms in total. The number of fused-ring (bicyclic) bond motifs is 1. The number of nitrogens with one attached hydrogen (secondary N) is 1. The van der Waals surface area contributed by atoms with Gasteiger partial charge < -0.3 is 14.5 Å². The predicted molar refractivity (Wildman–Crippen MR) is 136 cm³/mol. The number of aromatic nitrogens is 2. The quantitative estimate of drug-likeness (QED) is 0.633. The SMILES string of the molecule is CN(CCN1CCC(c2ccc3c(c2)n(C)c(=O)n3C2CCC(=O)NC2=O)CC1)C(=O)OC(C)(C)C. The Labute approximate surface area is 211 Å². The third kappa shape index (κ3) is 5.48. The Morgan fingerprint density at radius 2 is 1.81 bits per heavy atom. The third-order valence-corrected chi connectivity index (χ3v) is 7.15. The number of amides is 3.